The summed E-state index contributed by atoms with van der Waals surface area (Å²) in [6.07, 6.45) is -1.60. The lowest BCUT2D eigenvalue weighted by molar-refractivity contribution is -0.268. The van der Waals surface area contributed by atoms with E-state index >= 15 is 0 Å². The van der Waals surface area contributed by atoms with Crippen LogP contribution in [0.1, 0.15) is 38.1 Å². The molecule has 3 atom stereocenters. The number of carbonyl (C=O) groups is 1. The van der Waals surface area contributed by atoms with Gasteiger partial charge < -0.3 is 18.9 Å². The highest BCUT2D eigenvalue weighted by Crippen LogP contribution is 2.08. The zero-order valence-corrected chi connectivity index (χ0v) is 12.4. The summed E-state index contributed by atoms with van der Waals surface area (Å²) in [5.74, 6) is -0.428. The van der Waals surface area contributed by atoms with Crippen LogP contribution in [-0.2, 0) is 18.9 Å². The highest BCUT2D eigenvalue weighted by molar-refractivity contribution is 5.89. The Balaban J connectivity index is 2.36. The van der Waals surface area contributed by atoms with Gasteiger partial charge in [0.1, 0.15) is 0 Å². The minimum Gasteiger partial charge on any atom is -0.432 e. The van der Waals surface area contributed by atoms with Crippen LogP contribution in [0.25, 0.3) is 0 Å². The van der Waals surface area contributed by atoms with Crippen molar-refractivity contribution in [3.05, 3.63) is 35.9 Å². The molecule has 1 rings (SSSR count). The topological polar surface area (TPSA) is 54.0 Å². The van der Waals surface area contributed by atoms with E-state index in [4.69, 9.17) is 18.9 Å². The maximum atomic E-state index is 11.8. The van der Waals surface area contributed by atoms with Crippen LogP contribution in [0.2, 0.25) is 0 Å². The smallest absolute Gasteiger partial charge is 0.340 e. The van der Waals surface area contributed by atoms with Crippen molar-refractivity contribution in [2.75, 3.05) is 6.61 Å². The Kier molecular flexibility index (Phi) is 7.22. The number of benzene rings is 1. The molecular formula is C15H22O5. The Morgan fingerprint density at radius 1 is 1.00 bits per heavy atom. The first kappa shape index (κ1) is 16.6. The van der Waals surface area contributed by atoms with Crippen LogP contribution in [0.3, 0.4) is 0 Å². The van der Waals surface area contributed by atoms with Crippen molar-refractivity contribution >= 4 is 5.97 Å². The fourth-order valence-electron chi connectivity index (χ4n) is 1.67. The lowest BCUT2D eigenvalue weighted by Crippen LogP contribution is -2.28. The average molecular weight is 282 g/mol. The van der Waals surface area contributed by atoms with E-state index < -0.39 is 18.5 Å². The van der Waals surface area contributed by atoms with Gasteiger partial charge in [0, 0.05) is 6.61 Å². The summed E-state index contributed by atoms with van der Waals surface area (Å²) in [5.41, 5.74) is 0.485. The van der Waals surface area contributed by atoms with Gasteiger partial charge in [0.15, 0.2) is 12.6 Å². The Hall–Kier alpha value is -1.43. The molecule has 0 aliphatic rings. The molecule has 0 radical (unpaired) electrons. The lowest BCUT2D eigenvalue weighted by atomic mass is 10.2. The fourth-order valence-corrected chi connectivity index (χ4v) is 1.67. The predicted molar refractivity (Wildman–Crippen MR) is 74.0 cm³/mol. The average Bonchev–Trinajstić information content (AvgIpc) is 2.39. The Labute approximate surface area is 119 Å². The normalized spacial score (nSPS) is 15.4. The van der Waals surface area contributed by atoms with Crippen LogP contribution >= 0.6 is 0 Å². The van der Waals surface area contributed by atoms with Gasteiger partial charge in [-0.15, -0.1) is 0 Å². The van der Waals surface area contributed by atoms with E-state index in [2.05, 4.69) is 0 Å². The van der Waals surface area contributed by atoms with E-state index in [0.717, 1.165) is 0 Å². The quantitative estimate of drug-likeness (QED) is 0.542. The van der Waals surface area contributed by atoms with Crippen molar-refractivity contribution in [3.8, 4) is 0 Å². The second-order valence-electron chi connectivity index (χ2n) is 4.20. The molecule has 5 nitrogen and oxygen atoms in total. The molecule has 0 fully saturated rings. The molecule has 20 heavy (non-hydrogen) atoms. The van der Waals surface area contributed by atoms with Crippen LogP contribution in [0.15, 0.2) is 30.3 Å². The van der Waals surface area contributed by atoms with E-state index in [-0.39, 0.29) is 6.29 Å². The lowest BCUT2D eigenvalue weighted by Gasteiger charge is -2.22. The zero-order valence-electron chi connectivity index (χ0n) is 12.4. The van der Waals surface area contributed by atoms with Crippen LogP contribution in [0, 0.1) is 0 Å². The molecule has 3 unspecified atom stereocenters. The van der Waals surface area contributed by atoms with Gasteiger partial charge >= 0.3 is 5.97 Å². The number of hydrogen-bond donors (Lipinski definition) is 0. The SMILES string of the molecule is CCOC(C)OC(C)OC(C)OC(=O)c1ccccc1. The molecule has 0 N–H and O–H groups in total. The van der Waals surface area contributed by atoms with Gasteiger partial charge in [-0.3, -0.25) is 0 Å². The van der Waals surface area contributed by atoms with Crippen molar-refractivity contribution < 1.29 is 23.7 Å². The summed E-state index contributed by atoms with van der Waals surface area (Å²) >= 11 is 0. The fraction of sp³-hybridized carbons (Fsp3) is 0.533. The van der Waals surface area contributed by atoms with Gasteiger partial charge in [-0.2, -0.15) is 0 Å². The van der Waals surface area contributed by atoms with Crippen LogP contribution in [0.4, 0.5) is 0 Å². The number of rotatable bonds is 8. The molecule has 0 saturated carbocycles. The van der Waals surface area contributed by atoms with Crippen LogP contribution in [0.5, 0.6) is 0 Å². The monoisotopic (exact) mass is 282 g/mol. The third kappa shape index (κ3) is 6.14. The molecule has 0 saturated heterocycles. The van der Waals surface area contributed by atoms with Gasteiger partial charge in [-0.1, -0.05) is 18.2 Å². The first-order valence-corrected chi connectivity index (χ1v) is 6.71. The maximum Gasteiger partial charge on any atom is 0.340 e. The minimum atomic E-state index is -0.702. The molecule has 5 heteroatoms. The van der Waals surface area contributed by atoms with Crippen molar-refractivity contribution in [3.63, 3.8) is 0 Å². The minimum absolute atomic E-state index is 0.368. The Morgan fingerprint density at radius 3 is 2.20 bits per heavy atom. The highest BCUT2D eigenvalue weighted by atomic mass is 16.8. The third-order valence-corrected chi connectivity index (χ3v) is 2.45. The largest absolute Gasteiger partial charge is 0.432 e. The van der Waals surface area contributed by atoms with Gasteiger partial charge in [0.25, 0.3) is 0 Å². The molecule has 0 spiro atoms. The first-order chi connectivity index (χ1) is 9.52. The van der Waals surface area contributed by atoms with E-state index in [9.17, 15) is 4.79 Å². The molecule has 112 valence electrons. The van der Waals surface area contributed by atoms with Gasteiger partial charge in [0.05, 0.1) is 5.56 Å². The van der Waals surface area contributed by atoms with Gasteiger partial charge in [-0.25, -0.2) is 4.79 Å². The zero-order chi connectivity index (χ0) is 15.0. The summed E-state index contributed by atoms with van der Waals surface area (Å²) in [6.45, 7) is 7.60. The predicted octanol–water partition coefficient (Wildman–Crippen LogP) is 2.95. The second kappa shape index (κ2) is 8.68. The van der Waals surface area contributed by atoms with E-state index in [1.54, 1.807) is 45.0 Å². The van der Waals surface area contributed by atoms with E-state index in [1.807, 2.05) is 13.0 Å². The Morgan fingerprint density at radius 2 is 1.60 bits per heavy atom. The van der Waals surface area contributed by atoms with Gasteiger partial charge in [-0.05, 0) is 39.8 Å². The number of ether oxygens (including phenoxy) is 4. The van der Waals surface area contributed by atoms with Crippen molar-refractivity contribution in [1.82, 2.24) is 0 Å². The van der Waals surface area contributed by atoms with Crippen molar-refractivity contribution in [2.24, 2.45) is 0 Å². The Bertz CT molecular complexity index is 393. The summed E-state index contributed by atoms with van der Waals surface area (Å²) in [7, 11) is 0. The molecule has 1 aromatic rings. The standard InChI is InChI=1S/C15H22O5/c1-5-17-11(2)18-12(3)19-13(4)20-15(16)14-9-7-6-8-10-14/h6-13H,5H2,1-4H3. The molecule has 0 aliphatic heterocycles. The molecule has 0 aromatic heterocycles. The van der Waals surface area contributed by atoms with Gasteiger partial charge in [0.2, 0.25) is 6.29 Å². The number of carbonyl (C=O) groups excluding carboxylic acids is 1. The van der Waals surface area contributed by atoms with Crippen molar-refractivity contribution in [2.45, 2.75) is 46.6 Å². The van der Waals surface area contributed by atoms with E-state index in [0.29, 0.717) is 12.2 Å². The molecule has 0 amide bonds. The third-order valence-electron chi connectivity index (χ3n) is 2.45. The first-order valence-electron chi connectivity index (χ1n) is 6.71. The summed E-state index contributed by atoms with van der Waals surface area (Å²) in [6, 6.07) is 8.76. The van der Waals surface area contributed by atoms with E-state index in [1.165, 1.54) is 0 Å². The maximum absolute atomic E-state index is 11.8. The molecular weight excluding hydrogens is 260 g/mol. The number of esters is 1. The molecule has 0 aliphatic carbocycles. The highest BCUT2D eigenvalue weighted by Gasteiger charge is 2.16. The summed E-state index contributed by atoms with van der Waals surface area (Å²) < 4.78 is 21.2. The van der Waals surface area contributed by atoms with Crippen LogP contribution < -0.4 is 0 Å². The molecule has 0 bridgehead atoms. The number of hydrogen-bond acceptors (Lipinski definition) is 5. The molecule has 0 heterocycles. The summed E-state index contributed by atoms with van der Waals surface area (Å²) in [4.78, 5) is 11.8. The summed E-state index contributed by atoms with van der Waals surface area (Å²) in [5, 5.41) is 0. The molecule has 1 aromatic carbocycles. The second-order valence-corrected chi connectivity index (χ2v) is 4.20. The van der Waals surface area contributed by atoms with Crippen LogP contribution in [-0.4, -0.2) is 31.4 Å². The van der Waals surface area contributed by atoms with Crippen molar-refractivity contribution in [1.29, 1.82) is 0 Å².